The molecule has 0 aliphatic rings. The molecule has 0 aliphatic heterocycles. The average Bonchev–Trinajstić information content (AvgIpc) is 2.49. The fraction of sp³-hybridized carbons (Fsp3) is 0.0556. The molecule has 0 unspecified atom stereocenters. The number of benzene rings is 3. The van der Waals surface area contributed by atoms with E-state index in [0.717, 1.165) is 16.5 Å². The summed E-state index contributed by atoms with van der Waals surface area (Å²) in [7, 11) is 0. The van der Waals surface area contributed by atoms with Gasteiger partial charge < -0.3 is 5.11 Å². The molecule has 0 aliphatic carbocycles. The van der Waals surface area contributed by atoms with Crippen LogP contribution in [0.4, 0.5) is 0 Å². The summed E-state index contributed by atoms with van der Waals surface area (Å²) >= 11 is 0. The van der Waals surface area contributed by atoms with E-state index in [-0.39, 0.29) is 5.75 Å². The second-order valence-corrected chi connectivity index (χ2v) is 4.82. The molecule has 2 nitrogen and oxygen atoms in total. The van der Waals surface area contributed by atoms with E-state index in [1.807, 2.05) is 24.3 Å². The van der Waals surface area contributed by atoms with Crippen LogP contribution in [0, 0.1) is 18.3 Å². The largest absolute Gasteiger partial charge is 0.507 e. The Morgan fingerprint density at radius 2 is 1.70 bits per heavy atom. The molecular formula is C18H13NO. The first-order valence-corrected chi connectivity index (χ1v) is 6.42. The SMILES string of the molecule is Cc1ccc(-c2ccc(O)c(C#N)c2)c2ccccc12. The number of hydrogen-bond donors (Lipinski definition) is 1. The lowest BCUT2D eigenvalue weighted by Gasteiger charge is -2.10. The highest BCUT2D eigenvalue weighted by atomic mass is 16.3. The molecule has 96 valence electrons. The summed E-state index contributed by atoms with van der Waals surface area (Å²) < 4.78 is 0. The first-order chi connectivity index (χ1) is 9.70. The summed E-state index contributed by atoms with van der Waals surface area (Å²) in [5, 5.41) is 21.0. The highest BCUT2D eigenvalue weighted by molar-refractivity contribution is 5.98. The van der Waals surface area contributed by atoms with Gasteiger partial charge in [0.2, 0.25) is 0 Å². The first-order valence-electron chi connectivity index (χ1n) is 6.42. The third-order valence-electron chi connectivity index (χ3n) is 3.57. The van der Waals surface area contributed by atoms with Crippen LogP contribution in [0.2, 0.25) is 0 Å². The van der Waals surface area contributed by atoms with Crippen LogP contribution in [-0.2, 0) is 0 Å². The number of nitriles is 1. The molecule has 0 saturated heterocycles. The quantitative estimate of drug-likeness (QED) is 0.704. The van der Waals surface area contributed by atoms with Gasteiger partial charge in [-0.05, 0) is 46.5 Å². The Morgan fingerprint density at radius 3 is 2.45 bits per heavy atom. The van der Waals surface area contributed by atoms with Crippen LogP contribution in [0.5, 0.6) is 5.75 Å². The fourth-order valence-electron chi connectivity index (χ4n) is 2.49. The minimum Gasteiger partial charge on any atom is -0.507 e. The van der Waals surface area contributed by atoms with Crippen LogP contribution in [-0.4, -0.2) is 5.11 Å². The van der Waals surface area contributed by atoms with E-state index in [2.05, 4.69) is 31.2 Å². The van der Waals surface area contributed by atoms with Gasteiger partial charge in [-0.3, -0.25) is 0 Å². The van der Waals surface area contributed by atoms with Crippen molar-refractivity contribution in [3.63, 3.8) is 0 Å². The van der Waals surface area contributed by atoms with Gasteiger partial charge in [0.05, 0.1) is 5.56 Å². The summed E-state index contributed by atoms with van der Waals surface area (Å²) in [6, 6.07) is 19.5. The molecule has 1 N–H and O–H groups in total. The Labute approximate surface area is 117 Å². The Hall–Kier alpha value is -2.79. The van der Waals surface area contributed by atoms with Crippen LogP contribution >= 0.6 is 0 Å². The van der Waals surface area contributed by atoms with E-state index in [1.165, 1.54) is 10.9 Å². The van der Waals surface area contributed by atoms with Gasteiger partial charge >= 0.3 is 0 Å². The predicted molar refractivity (Wildman–Crippen MR) is 80.5 cm³/mol. The summed E-state index contributed by atoms with van der Waals surface area (Å²) in [5.41, 5.74) is 3.54. The summed E-state index contributed by atoms with van der Waals surface area (Å²) in [6.07, 6.45) is 0. The predicted octanol–water partition coefficient (Wildman–Crippen LogP) is 4.39. The molecule has 3 aromatic rings. The number of hydrogen-bond acceptors (Lipinski definition) is 2. The van der Waals surface area contributed by atoms with Crippen LogP contribution in [0.1, 0.15) is 11.1 Å². The Balaban J connectivity index is 2.31. The lowest BCUT2D eigenvalue weighted by Crippen LogP contribution is -1.86. The summed E-state index contributed by atoms with van der Waals surface area (Å²) in [4.78, 5) is 0. The normalized spacial score (nSPS) is 10.4. The van der Waals surface area contributed by atoms with Crippen molar-refractivity contribution < 1.29 is 5.11 Å². The number of rotatable bonds is 1. The topological polar surface area (TPSA) is 44.0 Å². The third-order valence-corrected chi connectivity index (χ3v) is 3.57. The van der Waals surface area contributed by atoms with Crippen molar-refractivity contribution in [1.29, 1.82) is 5.26 Å². The van der Waals surface area contributed by atoms with Crippen molar-refractivity contribution in [3.8, 4) is 22.9 Å². The second kappa shape index (κ2) is 4.71. The number of phenolic OH excluding ortho intramolecular Hbond substituents is 1. The number of aromatic hydroxyl groups is 1. The third kappa shape index (κ3) is 1.90. The van der Waals surface area contributed by atoms with Crippen LogP contribution in [0.15, 0.2) is 54.6 Å². The maximum atomic E-state index is 9.62. The molecule has 0 spiro atoms. The molecule has 20 heavy (non-hydrogen) atoms. The second-order valence-electron chi connectivity index (χ2n) is 4.82. The summed E-state index contributed by atoms with van der Waals surface area (Å²) in [6.45, 7) is 2.09. The zero-order valence-corrected chi connectivity index (χ0v) is 11.1. The molecule has 2 heteroatoms. The zero-order chi connectivity index (χ0) is 14.1. The van der Waals surface area contributed by atoms with Crippen molar-refractivity contribution in [2.45, 2.75) is 6.92 Å². The molecule has 0 saturated carbocycles. The maximum absolute atomic E-state index is 9.62. The van der Waals surface area contributed by atoms with Gasteiger partial charge in [-0.15, -0.1) is 0 Å². The number of phenols is 1. The number of nitrogens with zero attached hydrogens (tertiary/aromatic N) is 1. The first kappa shape index (κ1) is 12.3. The molecule has 0 amide bonds. The van der Waals surface area contributed by atoms with Crippen LogP contribution in [0.3, 0.4) is 0 Å². The van der Waals surface area contributed by atoms with E-state index < -0.39 is 0 Å². The monoisotopic (exact) mass is 259 g/mol. The van der Waals surface area contributed by atoms with Gasteiger partial charge in [0, 0.05) is 0 Å². The van der Waals surface area contributed by atoms with Gasteiger partial charge in [-0.1, -0.05) is 42.5 Å². The van der Waals surface area contributed by atoms with E-state index in [1.54, 1.807) is 12.1 Å². The Bertz CT molecular complexity index is 844. The molecular weight excluding hydrogens is 246 g/mol. The number of fused-ring (bicyclic) bond motifs is 1. The van der Waals surface area contributed by atoms with Crippen LogP contribution in [0.25, 0.3) is 21.9 Å². The van der Waals surface area contributed by atoms with Gasteiger partial charge in [-0.25, -0.2) is 0 Å². The minimum atomic E-state index is 0.0210. The van der Waals surface area contributed by atoms with Gasteiger partial charge in [0.15, 0.2) is 0 Å². The van der Waals surface area contributed by atoms with Gasteiger partial charge in [0.25, 0.3) is 0 Å². The van der Waals surface area contributed by atoms with Gasteiger partial charge in [-0.2, -0.15) is 5.26 Å². The molecule has 0 bridgehead atoms. The fourth-order valence-corrected chi connectivity index (χ4v) is 2.49. The Kier molecular flexibility index (Phi) is 2.89. The summed E-state index contributed by atoms with van der Waals surface area (Å²) in [5.74, 6) is 0.0210. The number of aryl methyl sites for hydroxylation is 1. The van der Waals surface area contributed by atoms with Crippen molar-refractivity contribution >= 4 is 10.8 Å². The standard InChI is InChI=1S/C18H13NO/c1-12-6-8-16(17-5-3-2-4-15(12)17)13-7-9-18(20)14(10-13)11-19/h2-10,20H,1H3. The maximum Gasteiger partial charge on any atom is 0.133 e. The van der Waals surface area contributed by atoms with Gasteiger partial charge in [0.1, 0.15) is 11.8 Å². The molecule has 0 radical (unpaired) electrons. The Morgan fingerprint density at radius 1 is 0.950 bits per heavy atom. The molecule has 0 heterocycles. The molecule has 0 fully saturated rings. The molecule has 3 rings (SSSR count). The van der Waals surface area contributed by atoms with Crippen molar-refractivity contribution in [3.05, 3.63) is 65.7 Å². The van der Waals surface area contributed by atoms with Crippen molar-refractivity contribution in [2.75, 3.05) is 0 Å². The van der Waals surface area contributed by atoms with Crippen molar-refractivity contribution in [2.24, 2.45) is 0 Å². The lowest BCUT2D eigenvalue weighted by atomic mass is 9.94. The average molecular weight is 259 g/mol. The smallest absolute Gasteiger partial charge is 0.133 e. The van der Waals surface area contributed by atoms with E-state index in [4.69, 9.17) is 5.26 Å². The zero-order valence-electron chi connectivity index (χ0n) is 11.1. The molecule has 0 atom stereocenters. The van der Waals surface area contributed by atoms with E-state index in [9.17, 15) is 5.11 Å². The van der Waals surface area contributed by atoms with Crippen molar-refractivity contribution in [1.82, 2.24) is 0 Å². The molecule has 3 aromatic carbocycles. The molecule has 0 aromatic heterocycles. The van der Waals surface area contributed by atoms with Crippen LogP contribution < -0.4 is 0 Å². The van der Waals surface area contributed by atoms with E-state index in [0.29, 0.717) is 5.56 Å². The highest BCUT2D eigenvalue weighted by Crippen LogP contribution is 2.32. The lowest BCUT2D eigenvalue weighted by molar-refractivity contribution is 0.473. The minimum absolute atomic E-state index is 0.0210. The highest BCUT2D eigenvalue weighted by Gasteiger charge is 2.08. The van der Waals surface area contributed by atoms with E-state index >= 15 is 0 Å².